The number of fused-ring (bicyclic) bond motifs is 2. The molecular weight excluding hydrogens is 406 g/mol. The van der Waals surface area contributed by atoms with Crippen LogP contribution in [0.25, 0.3) is 22.0 Å². The molecule has 3 heterocycles. The van der Waals surface area contributed by atoms with Crippen LogP contribution in [0.15, 0.2) is 47.6 Å². The highest BCUT2D eigenvalue weighted by Gasteiger charge is 2.32. The van der Waals surface area contributed by atoms with Crippen LogP contribution in [0, 0.1) is 0 Å². The van der Waals surface area contributed by atoms with Crippen LogP contribution in [-0.4, -0.2) is 58.3 Å². The zero-order chi connectivity index (χ0) is 22.6. The summed E-state index contributed by atoms with van der Waals surface area (Å²) >= 11 is 0. The van der Waals surface area contributed by atoms with Gasteiger partial charge in [0.25, 0.3) is 5.91 Å². The second kappa shape index (κ2) is 7.23. The number of likely N-dealkylation sites (N-methyl/N-ethyl adjacent to an activating group) is 1. The predicted octanol–water partition coefficient (Wildman–Crippen LogP) is 1.82. The maximum absolute atomic E-state index is 13.0. The van der Waals surface area contributed by atoms with Crippen LogP contribution in [0.2, 0.25) is 0 Å². The molecule has 0 bridgehead atoms. The van der Waals surface area contributed by atoms with Gasteiger partial charge in [-0.1, -0.05) is 18.7 Å². The second-order valence-electron chi connectivity index (χ2n) is 8.27. The minimum absolute atomic E-state index is 0.0706. The number of hydrazone groups is 1. The van der Waals surface area contributed by atoms with Crippen molar-refractivity contribution < 1.29 is 9.59 Å². The minimum atomic E-state index is -0.624. The van der Waals surface area contributed by atoms with Gasteiger partial charge in [-0.25, -0.2) is 0 Å². The normalized spacial score (nSPS) is 17.4. The molecule has 0 spiro atoms. The topological polar surface area (TPSA) is 134 Å². The van der Waals surface area contributed by atoms with Gasteiger partial charge in [-0.15, -0.1) is 0 Å². The number of nitrogens with zero attached hydrogens (tertiary/aromatic N) is 4. The van der Waals surface area contributed by atoms with Gasteiger partial charge in [0.15, 0.2) is 0 Å². The molecule has 2 amide bonds. The van der Waals surface area contributed by atoms with E-state index >= 15 is 0 Å². The molecule has 9 nitrogen and oxygen atoms in total. The van der Waals surface area contributed by atoms with Crippen LogP contribution < -0.4 is 11.5 Å². The van der Waals surface area contributed by atoms with Gasteiger partial charge in [-0.2, -0.15) is 10.2 Å². The van der Waals surface area contributed by atoms with E-state index in [4.69, 9.17) is 11.5 Å². The fourth-order valence-corrected chi connectivity index (χ4v) is 4.43. The monoisotopic (exact) mass is 429 g/mol. The van der Waals surface area contributed by atoms with Crippen LogP contribution in [0.5, 0.6) is 0 Å². The molecule has 2 aliphatic rings. The molecular formula is C23H23N7O2. The first kappa shape index (κ1) is 19.8. The maximum Gasteiger partial charge on any atom is 0.256 e. The van der Waals surface area contributed by atoms with E-state index in [9.17, 15) is 9.59 Å². The first-order chi connectivity index (χ1) is 15.3. The molecule has 0 saturated carbocycles. The van der Waals surface area contributed by atoms with Crippen molar-refractivity contribution in [1.29, 1.82) is 0 Å². The summed E-state index contributed by atoms with van der Waals surface area (Å²) in [6, 6.07) is 9.72. The number of carbonyl (C=O) groups excluding carboxylic acids is 2. The van der Waals surface area contributed by atoms with Gasteiger partial charge in [0.1, 0.15) is 0 Å². The lowest BCUT2D eigenvalue weighted by molar-refractivity contribution is -0.114. The second-order valence-corrected chi connectivity index (χ2v) is 8.27. The molecule has 3 aromatic rings. The number of carbonyl (C=O) groups is 2. The lowest BCUT2D eigenvalue weighted by atomic mass is 9.94. The number of nitrogen functional groups attached to an aromatic ring is 1. The van der Waals surface area contributed by atoms with Gasteiger partial charge in [0, 0.05) is 43.0 Å². The highest BCUT2D eigenvalue weighted by molar-refractivity contribution is 6.06. The third-order valence-corrected chi connectivity index (χ3v) is 6.10. The van der Waals surface area contributed by atoms with E-state index < -0.39 is 5.91 Å². The summed E-state index contributed by atoms with van der Waals surface area (Å²) in [6.07, 6.45) is 1.92. The number of rotatable bonds is 5. The van der Waals surface area contributed by atoms with Crippen LogP contribution >= 0.6 is 0 Å². The SMILES string of the molecule is C=C(CN1Cc2c(-c3ccc4n[nH]c(C5C=NN(C)C5)c4c3)ccc(N)c2C1=O)C(N)=O. The molecule has 162 valence electrons. The van der Waals surface area contributed by atoms with Gasteiger partial charge in [-0.05, 0) is 34.9 Å². The van der Waals surface area contributed by atoms with Crippen molar-refractivity contribution in [2.24, 2.45) is 10.8 Å². The molecule has 9 heteroatoms. The number of nitrogens with one attached hydrogen (secondary N) is 1. The Balaban J connectivity index is 1.56. The van der Waals surface area contributed by atoms with E-state index in [0.717, 1.165) is 39.8 Å². The Morgan fingerprint density at radius 1 is 1.31 bits per heavy atom. The maximum atomic E-state index is 13.0. The predicted molar refractivity (Wildman–Crippen MR) is 123 cm³/mol. The highest BCUT2D eigenvalue weighted by atomic mass is 16.2. The van der Waals surface area contributed by atoms with E-state index in [0.29, 0.717) is 17.8 Å². The number of primary amides is 1. The molecule has 0 saturated heterocycles. The number of benzene rings is 2. The summed E-state index contributed by atoms with van der Waals surface area (Å²) in [7, 11) is 1.94. The Morgan fingerprint density at radius 2 is 2.12 bits per heavy atom. The standard InChI is InChI=1S/C23H23N7O2/c1-12(22(25)31)9-30-11-17-15(4-5-18(24)20(17)23(30)32)13-3-6-19-16(7-13)21(28-27-19)14-8-26-29(2)10-14/h3-8,14H,1,9-11,24H2,2H3,(H2,25,31)(H,27,28). The molecule has 0 radical (unpaired) electrons. The van der Waals surface area contributed by atoms with E-state index in [2.05, 4.69) is 27.9 Å². The van der Waals surface area contributed by atoms with Crippen molar-refractivity contribution in [2.75, 3.05) is 25.9 Å². The molecule has 0 fully saturated rings. The molecule has 0 aliphatic carbocycles. The Morgan fingerprint density at radius 3 is 2.84 bits per heavy atom. The molecule has 2 aliphatic heterocycles. The first-order valence-electron chi connectivity index (χ1n) is 10.3. The fourth-order valence-electron chi connectivity index (χ4n) is 4.43. The lowest BCUT2D eigenvalue weighted by Crippen LogP contribution is -2.30. The Hall–Kier alpha value is -4.14. The first-order valence-corrected chi connectivity index (χ1v) is 10.3. The van der Waals surface area contributed by atoms with Gasteiger partial charge >= 0.3 is 0 Å². The van der Waals surface area contributed by atoms with Crippen LogP contribution in [0.4, 0.5) is 5.69 Å². The Bertz CT molecular complexity index is 1320. The fraction of sp³-hybridized carbons (Fsp3) is 0.217. The third-order valence-electron chi connectivity index (χ3n) is 6.10. The molecule has 1 unspecified atom stereocenters. The molecule has 32 heavy (non-hydrogen) atoms. The van der Waals surface area contributed by atoms with Crippen molar-refractivity contribution in [3.63, 3.8) is 0 Å². The number of H-pyrrole nitrogens is 1. The summed E-state index contributed by atoms with van der Waals surface area (Å²) in [5.74, 6) is -0.715. The van der Waals surface area contributed by atoms with E-state index in [1.165, 1.54) is 0 Å². The molecule has 1 aromatic heterocycles. The van der Waals surface area contributed by atoms with Crippen molar-refractivity contribution in [2.45, 2.75) is 12.5 Å². The minimum Gasteiger partial charge on any atom is -0.398 e. The number of aromatic nitrogens is 2. The summed E-state index contributed by atoms with van der Waals surface area (Å²) in [4.78, 5) is 26.0. The van der Waals surface area contributed by atoms with Crippen molar-refractivity contribution >= 4 is 34.6 Å². The van der Waals surface area contributed by atoms with Crippen molar-refractivity contribution in [3.05, 3.63) is 59.3 Å². The van der Waals surface area contributed by atoms with Crippen LogP contribution in [0.3, 0.4) is 0 Å². The van der Waals surface area contributed by atoms with Gasteiger partial charge in [0.05, 0.1) is 29.2 Å². The van der Waals surface area contributed by atoms with E-state index in [-0.39, 0.29) is 23.9 Å². The van der Waals surface area contributed by atoms with Crippen molar-refractivity contribution in [1.82, 2.24) is 20.1 Å². The van der Waals surface area contributed by atoms with Gasteiger partial charge in [0.2, 0.25) is 5.91 Å². The molecule has 5 rings (SSSR count). The molecule has 5 N–H and O–H groups in total. The largest absolute Gasteiger partial charge is 0.398 e. The third kappa shape index (κ3) is 3.09. The van der Waals surface area contributed by atoms with Gasteiger partial charge in [-0.3, -0.25) is 19.7 Å². The number of hydrogen-bond acceptors (Lipinski definition) is 6. The van der Waals surface area contributed by atoms with Crippen LogP contribution in [0.1, 0.15) is 27.5 Å². The molecule has 1 atom stereocenters. The average molecular weight is 429 g/mol. The van der Waals surface area contributed by atoms with E-state index in [1.807, 2.05) is 36.5 Å². The summed E-state index contributed by atoms with van der Waals surface area (Å²) in [6.45, 7) is 4.86. The van der Waals surface area contributed by atoms with Gasteiger partial charge < -0.3 is 16.4 Å². The number of nitrogens with two attached hydrogens (primary N) is 2. The average Bonchev–Trinajstić information content (AvgIpc) is 3.45. The number of amides is 2. The van der Waals surface area contributed by atoms with E-state index in [1.54, 1.807) is 11.0 Å². The Kier molecular flexibility index (Phi) is 4.47. The summed E-state index contributed by atoms with van der Waals surface area (Å²) in [5.41, 5.74) is 17.1. The smallest absolute Gasteiger partial charge is 0.256 e. The lowest BCUT2D eigenvalue weighted by Gasteiger charge is -2.15. The van der Waals surface area contributed by atoms with Crippen LogP contribution in [-0.2, 0) is 11.3 Å². The zero-order valence-corrected chi connectivity index (χ0v) is 17.6. The molecule has 2 aromatic carbocycles. The number of aromatic amines is 1. The quantitative estimate of drug-likeness (QED) is 0.420. The summed E-state index contributed by atoms with van der Waals surface area (Å²) in [5, 5.41) is 14.8. The zero-order valence-electron chi connectivity index (χ0n) is 17.6. The summed E-state index contributed by atoms with van der Waals surface area (Å²) < 4.78 is 0. The highest BCUT2D eigenvalue weighted by Crippen LogP contribution is 2.38. The number of anilines is 1. The number of hydrogen-bond donors (Lipinski definition) is 3. The van der Waals surface area contributed by atoms with Crippen molar-refractivity contribution in [3.8, 4) is 11.1 Å². The Labute approximate surface area is 184 Å².